The van der Waals surface area contributed by atoms with Crippen molar-refractivity contribution in [2.75, 3.05) is 30.4 Å². The first-order chi connectivity index (χ1) is 17.5. The van der Waals surface area contributed by atoms with Gasteiger partial charge in [-0.05, 0) is 61.9 Å². The Hall–Kier alpha value is -3.89. The second-order valence-electron chi connectivity index (χ2n) is 8.05. The number of methoxy groups -OCH3 is 2. The van der Waals surface area contributed by atoms with Crippen LogP contribution in [0, 0.1) is 13.8 Å². The Labute approximate surface area is 220 Å². The van der Waals surface area contributed by atoms with Crippen molar-refractivity contribution in [3.63, 3.8) is 0 Å². The first kappa shape index (κ1) is 27.7. The molecule has 1 N–H and O–H groups in total. The maximum atomic E-state index is 13.6. The van der Waals surface area contributed by atoms with Crippen LogP contribution in [0.1, 0.15) is 31.8 Å². The van der Waals surface area contributed by atoms with Crippen molar-refractivity contribution in [1.82, 2.24) is 0 Å². The molecule has 3 aromatic rings. The van der Waals surface area contributed by atoms with Gasteiger partial charge in [-0.15, -0.1) is 0 Å². The molecule has 0 spiro atoms. The third-order valence-corrected chi connectivity index (χ3v) is 7.65. The number of carbonyl (C=O) groups excluding carboxylic acids is 3. The fraction of sp³-hybridized carbons (Fsp3) is 0.192. The van der Waals surface area contributed by atoms with Gasteiger partial charge >= 0.3 is 11.9 Å². The topological polar surface area (TPSA) is 119 Å². The third kappa shape index (κ3) is 6.28. The summed E-state index contributed by atoms with van der Waals surface area (Å²) in [4.78, 5) is 37.4. The lowest BCUT2D eigenvalue weighted by molar-refractivity contribution is -0.114. The van der Waals surface area contributed by atoms with Gasteiger partial charge < -0.3 is 14.8 Å². The van der Waals surface area contributed by atoms with E-state index in [1.165, 1.54) is 56.7 Å². The molecular weight excluding hydrogens is 520 g/mol. The van der Waals surface area contributed by atoms with Crippen molar-refractivity contribution in [1.29, 1.82) is 0 Å². The lowest BCUT2D eigenvalue weighted by Crippen LogP contribution is -2.38. The van der Waals surface area contributed by atoms with Gasteiger partial charge in [0.2, 0.25) is 5.91 Å². The summed E-state index contributed by atoms with van der Waals surface area (Å²) >= 11 is 6.26. The molecule has 1 amide bonds. The number of hydrogen-bond donors (Lipinski definition) is 1. The number of nitrogens with one attached hydrogen (secondary N) is 1. The summed E-state index contributed by atoms with van der Waals surface area (Å²) in [7, 11) is -1.84. The van der Waals surface area contributed by atoms with E-state index in [4.69, 9.17) is 21.1 Å². The Balaban J connectivity index is 2.03. The lowest BCUT2D eigenvalue weighted by atomic mass is 10.1. The van der Waals surface area contributed by atoms with Gasteiger partial charge in [-0.3, -0.25) is 9.10 Å². The van der Waals surface area contributed by atoms with Crippen molar-refractivity contribution >= 4 is 50.8 Å². The first-order valence-corrected chi connectivity index (χ1v) is 12.8. The molecule has 0 saturated heterocycles. The van der Waals surface area contributed by atoms with E-state index >= 15 is 0 Å². The molecule has 3 aromatic carbocycles. The number of halogens is 1. The number of sulfonamides is 1. The molecule has 0 saturated carbocycles. The molecule has 0 bridgehead atoms. The Morgan fingerprint density at radius 3 is 2.14 bits per heavy atom. The average molecular weight is 545 g/mol. The summed E-state index contributed by atoms with van der Waals surface area (Å²) in [6, 6.07) is 14.7. The van der Waals surface area contributed by atoms with Gasteiger partial charge in [0.1, 0.15) is 6.54 Å². The predicted octanol–water partition coefficient (Wildman–Crippen LogP) is 4.36. The Bertz CT molecular complexity index is 1450. The monoisotopic (exact) mass is 544 g/mol. The van der Waals surface area contributed by atoms with Crippen molar-refractivity contribution in [3.05, 3.63) is 87.9 Å². The normalized spacial score (nSPS) is 10.9. The van der Waals surface area contributed by atoms with Crippen LogP contribution in [-0.2, 0) is 24.3 Å². The number of amides is 1. The molecule has 0 fully saturated rings. The van der Waals surface area contributed by atoms with Crippen molar-refractivity contribution < 1.29 is 32.3 Å². The van der Waals surface area contributed by atoms with Gasteiger partial charge in [0, 0.05) is 5.02 Å². The van der Waals surface area contributed by atoms with Crippen LogP contribution >= 0.6 is 11.6 Å². The smallest absolute Gasteiger partial charge is 0.339 e. The number of carbonyl (C=O) groups is 3. The zero-order valence-electron chi connectivity index (χ0n) is 20.6. The molecule has 0 unspecified atom stereocenters. The highest BCUT2D eigenvalue weighted by Gasteiger charge is 2.28. The van der Waals surface area contributed by atoms with E-state index in [-0.39, 0.29) is 27.4 Å². The van der Waals surface area contributed by atoms with Crippen LogP contribution < -0.4 is 9.62 Å². The van der Waals surface area contributed by atoms with E-state index in [1.807, 2.05) is 6.92 Å². The van der Waals surface area contributed by atoms with Gasteiger partial charge in [0.15, 0.2) is 0 Å². The minimum Gasteiger partial charge on any atom is -0.465 e. The van der Waals surface area contributed by atoms with Gasteiger partial charge in [-0.2, -0.15) is 0 Å². The summed E-state index contributed by atoms with van der Waals surface area (Å²) in [5.41, 5.74) is 1.75. The number of hydrogen-bond acceptors (Lipinski definition) is 7. The quantitative estimate of drug-likeness (QED) is 0.418. The minimum atomic E-state index is -4.20. The van der Waals surface area contributed by atoms with Crippen LogP contribution in [0.4, 0.5) is 11.4 Å². The maximum Gasteiger partial charge on any atom is 0.339 e. The summed E-state index contributed by atoms with van der Waals surface area (Å²) in [6.07, 6.45) is 0. The zero-order valence-corrected chi connectivity index (χ0v) is 22.1. The molecule has 0 aromatic heterocycles. The molecule has 3 rings (SSSR count). The molecule has 0 aliphatic carbocycles. The second-order valence-corrected chi connectivity index (χ2v) is 10.3. The second kappa shape index (κ2) is 11.4. The summed E-state index contributed by atoms with van der Waals surface area (Å²) in [5.74, 6) is -2.23. The highest BCUT2D eigenvalue weighted by Crippen LogP contribution is 2.28. The fourth-order valence-electron chi connectivity index (χ4n) is 3.39. The van der Waals surface area contributed by atoms with Gasteiger partial charge in [-0.25, -0.2) is 18.0 Å². The molecule has 11 heteroatoms. The van der Waals surface area contributed by atoms with Crippen LogP contribution in [0.15, 0.2) is 65.6 Å². The predicted molar refractivity (Wildman–Crippen MR) is 140 cm³/mol. The molecular formula is C26H25ClN2O7S. The van der Waals surface area contributed by atoms with E-state index in [9.17, 15) is 22.8 Å². The first-order valence-electron chi connectivity index (χ1n) is 10.9. The third-order valence-electron chi connectivity index (χ3n) is 5.46. The van der Waals surface area contributed by atoms with Gasteiger partial charge in [0.25, 0.3) is 10.0 Å². The number of ether oxygens (including phenoxy) is 2. The van der Waals surface area contributed by atoms with E-state index in [0.29, 0.717) is 5.02 Å². The van der Waals surface area contributed by atoms with Crippen molar-refractivity contribution in [3.8, 4) is 0 Å². The minimum absolute atomic E-state index is 0.0227. The Kier molecular flexibility index (Phi) is 8.57. The van der Waals surface area contributed by atoms with Crippen LogP contribution in [0.5, 0.6) is 0 Å². The molecule has 0 radical (unpaired) electrons. The standard InChI is InChI=1S/C26H25ClN2O7S/c1-16-5-10-20(11-6-16)37(33,34)29(19-9-7-17(2)22(27)14-19)15-24(30)28-23-13-18(25(31)35-3)8-12-21(23)26(32)36-4/h5-14H,15H2,1-4H3,(H,28,30). The highest BCUT2D eigenvalue weighted by molar-refractivity contribution is 7.92. The summed E-state index contributed by atoms with van der Waals surface area (Å²) in [5, 5.41) is 2.84. The number of aryl methyl sites for hydroxylation is 2. The Morgan fingerprint density at radius 2 is 1.54 bits per heavy atom. The van der Waals surface area contributed by atoms with Crippen LogP contribution in [-0.4, -0.2) is 47.0 Å². The van der Waals surface area contributed by atoms with Crippen molar-refractivity contribution in [2.45, 2.75) is 18.7 Å². The molecule has 0 aliphatic rings. The number of esters is 2. The summed E-state index contributed by atoms with van der Waals surface area (Å²) in [6.45, 7) is 2.93. The summed E-state index contributed by atoms with van der Waals surface area (Å²) < 4.78 is 37.6. The zero-order chi connectivity index (χ0) is 27.3. The molecule has 9 nitrogen and oxygen atoms in total. The lowest BCUT2D eigenvalue weighted by Gasteiger charge is -2.25. The molecule has 0 aliphatic heterocycles. The number of benzene rings is 3. The van der Waals surface area contributed by atoms with Crippen LogP contribution in [0.2, 0.25) is 5.02 Å². The Morgan fingerprint density at radius 1 is 0.892 bits per heavy atom. The van der Waals surface area contributed by atoms with E-state index in [2.05, 4.69) is 5.32 Å². The van der Waals surface area contributed by atoms with Crippen molar-refractivity contribution in [2.24, 2.45) is 0 Å². The SMILES string of the molecule is COC(=O)c1ccc(C(=O)OC)c(NC(=O)CN(c2ccc(C)c(Cl)c2)S(=O)(=O)c2ccc(C)cc2)c1. The number of rotatable bonds is 8. The van der Waals surface area contributed by atoms with E-state index in [1.54, 1.807) is 25.1 Å². The molecule has 37 heavy (non-hydrogen) atoms. The largest absolute Gasteiger partial charge is 0.465 e. The molecule has 194 valence electrons. The number of nitrogens with zero attached hydrogens (tertiary/aromatic N) is 1. The van der Waals surface area contributed by atoms with Crippen LogP contribution in [0.25, 0.3) is 0 Å². The maximum absolute atomic E-state index is 13.6. The van der Waals surface area contributed by atoms with Gasteiger partial charge in [-0.1, -0.05) is 35.4 Å². The van der Waals surface area contributed by atoms with Gasteiger partial charge in [0.05, 0.1) is 41.6 Å². The van der Waals surface area contributed by atoms with Crippen LogP contribution in [0.3, 0.4) is 0 Å². The van der Waals surface area contributed by atoms with E-state index in [0.717, 1.165) is 15.4 Å². The highest BCUT2D eigenvalue weighted by atomic mass is 35.5. The fourth-order valence-corrected chi connectivity index (χ4v) is 4.98. The molecule has 0 heterocycles. The molecule has 0 atom stereocenters. The number of anilines is 2. The van der Waals surface area contributed by atoms with E-state index < -0.39 is 34.4 Å². The average Bonchev–Trinajstić information content (AvgIpc) is 2.88.